The summed E-state index contributed by atoms with van der Waals surface area (Å²) in [5, 5.41) is 8.27. The van der Waals surface area contributed by atoms with E-state index in [2.05, 4.69) is 15.6 Å². The van der Waals surface area contributed by atoms with Gasteiger partial charge < -0.3 is 14.2 Å². The second kappa shape index (κ2) is 9.80. The molecule has 1 heterocycles. The summed E-state index contributed by atoms with van der Waals surface area (Å²) in [5.41, 5.74) is 3.92. The fraction of sp³-hybridized carbons (Fsp3) is 0.190. The minimum atomic E-state index is -0.467. The van der Waals surface area contributed by atoms with E-state index in [-0.39, 0.29) is 5.02 Å². The quantitative estimate of drug-likeness (QED) is 0.434. The molecule has 0 saturated heterocycles. The maximum atomic E-state index is 12.6. The summed E-state index contributed by atoms with van der Waals surface area (Å²) in [4.78, 5) is 12.6. The molecule has 1 N–H and O–H groups in total. The molecule has 3 rings (SSSR count). The van der Waals surface area contributed by atoms with Crippen molar-refractivity contribution in [3.05, 3.63) is 69.6 Å². The summed E-state index contributed by atoms with van der Waals surface area (Å²) in [6.07, 6.45) is 3.01. The molecular weight excluding hydrogens is 408 g/mol. The van der Waals surface area contributed by atoms with Crippen LogP contribution in [0.4, 0.5) is 5.69 Å². The van der Waals surface area contributed by atoms with E-state index in [1.807, 2.05) is 13.0 Å². The fourth-order valence-electron chi connectivity index (χ4n) is 2.64. The van der Waals surface area contributed by atoms with Crippen LogP contribution in [0.1, 0.15) is 12.5 Å². The van der Waals surface area contributed by atoms with E-state index in [4.69, 9.17) is 25.8 Å². The Bertz CT molecular complexity index is 1100. The molecule has 0 bridgehead atoms. The summed E-state index contributed by atoms with van der Waals surface area (Å²) in [7, 11) is 3.15. The molecule has 0 saturated carbocycles. The second-order valence-corrected chi connectivity index (χ2v) is 6.38. The van der Waals surface area contributed by atoms with Gasteiger partial charge in [-0.3, -0.25) is 10.2 Å². The third-order valence-corrected chi connectivity index (χ3v) is 4.49. The highest BCUT2D eigenvalue weighted by atomic mass is 35.5. The molecule has 0 aliphatic carbocycles. The van der Waals surface area contributed by atoms with Crippen LogP contribution in [0, 0.1) is 0 Å². The van der Waals surface area contributed by atoms with Gasteiger partial charge >= 0.3 is 0 Å². The largest absolute Gasteiger partial charge is 0.497 e. The predicted octanol–water partition coefficient (Wildman–Crippen LogP) is 3.75. The summed E-state index contributed by atoms with van der Waals surface area (Å²) >= 11 is 6.22. The van der Waals surface area contributed by atoms with Gasteiger partial charge in [0.25, 0.3) is 5.56 Å². The number of hydrogen-bond donors (Lipinski definition) is 1. The van der Waals surface area contributed by atoms with Gasteiger partial charge in [-0.15, -0.1) is 0 Å². The molecule has 0 aliphatic rings. The monoisotopic (exact) mass is 428 g/mol. The van der Waals surface area contributed by atoms with Crippen molar-refractivity contribution in [2.24, 2.45) is 5.10 Å². The number of hydrazone groups is 1. The summed E-state index contributed by atoms with van der Waals surface area (Å²) in [5.74, 6) is 1.93. The average Bonchev–Trinajstić information content (AvgIpc) is 2.77. The zero-order chi connectivity index (χ0) is 21.5. The van der Waals surface area contributed by atoms with Crippen LogP contribution < -0.4 is 25.2 Å². The molecule has 3 aromatic rings. The Hall–Kier alpha value is -3.52. The fourth-order valence-corrected chi connectivity index (χ4v) is 2.81. The van der Waals surface area contributed by atoms with Gasteiger partial charge in [-0.25, -0.2) is 0 Å². The van der Waals surface area contributed by atoms with Crippen molar-refractivity contribution in [2.45, 2.75) is 6.92 Å². The van der Waals surface area contributed by atoms with Gasteiger partial charge in [-0.05, 0) is 55.0 Å². The van der Waals surface area contributed by atoms with E-state index in [0.717, 1.165) is 5.56 Å². The predicted molar refractivity (Wildman–Crippen MR) is 117 cm³/mol. The van der Waals surface area contributed by atoms with E-state index in [1.165, 1.54) is 10.9 Å². The molecule has 0 atom stereocenters. The first-order valence-electron chi connectivity index (χ1n) is 9.09. The second-order valence-electron chi connectivity index (χ2n) is 6.00. The Morgan fingerprint density at radius 2 is 1.90 bits per heavy atom. The lowest BCUT2D eigenvalue weighted by Crippen LogP contribution is -2.22. The molecule has 0 amide bonds. The third-order valence-electron chi connectivity index (χ3n) is 4.12. The molecule has 8 nitrogen and oxygen atoms in total. The molecule has 0 aliphatic heterocycles. The van der Waals surface area contributed by atoms with Gasteiger partial charge in [0.2, 0.25) is 0 Å². The van der Waals surface area contributed by atoms with Gasteiger partial charge in [-0.1, -0.05) is 11.6 Å². The zero-order valence-electron chi connectivity index (χ0n) is 16.8. The van der Waals surface area contributed by atoms with E-state index < -0.39 is 5.56 Å². The Balaban J connectivity index is 1.78. The molecular formula is C21H21ClN4O4. The van der Waals surface area contributed by atoms with Gasteiger partial charge in [-0.2, -0.15) is 14.9 Å². The van der Waals surface area contributed by atoms with Crippen LogP contribution in [0.15, 0.2) is 58.6 Å². The number of aromatic nitrogens is 2. The summed E-state index contributed by atoms with van der Waals surface area (Å²) in [6.45, 7) is 2.41. The van der Waals surface area contributed by atoms with Crippen LogP contribution >= 0.6 is 11.6 Å². The van der Waals surface area contributed by atoms with E-state index >= 15 is 0 Å². The van der Waals surface area contributed by atoms with Crippen LogP contribution in [0.3, 0.4) is 0 Å². The highest BCUT2D eigenvalue weighted by Crippen LogP contribution is 2.27. The highest BCUT2D eigenvalue weighted by Gasteiger charge is 2.10. The van der Waals surface area contributed by atoms with Gasteiger partial charge in [0.1, 0.15) is 16.5 Å². The number of halogens is 1. The van der Waals surface area contributed by atoms with Crippen molar-refractivity contribution in [3.8, 4) is 22.9 Å². The molecule has 0 radical (unpaired) electrons. The maximum Gasteiger partial charge on any atom is 0.292 e. The Labute approximate surface area is 178 Å². The molecule has 0 spiro atoms. The van der Waals surface area contributed by atoms with Gasteiger partial charge in [0, 0.05) is 0 Å². The number of rotatable bonds is 8. The van der Waals surface area contributed by atoms with E-state index in [9.17, 15) is 4.79 Å². The van der Waals surface area contributed by atoms with Crippen molar-refractivity contribution < 1.29 is 14.2 Å². The Kier molecular flexibility index (Phi) is 6.92. The number of methoxy groups -OCH3 is 2. The lowest BCUT2D eigenvalue weighted by atomic mass is 10.2. The van der Waals surface area contributed by atoms with Crippen molar-refractivity contribution in [1.82, 2.24) is 9.78 Å². The smallest absolute Gasteiger partial charge is 0.292 e. The van der Waals surface area contributed by atoms with Gasteiger partial charge in [0.15, 0.2) is 11.5 Å². The van der Waals surface area contributed by atoms with Crippen LogP contribution in [0.5, 0.6) is 17.2 Å². The molecule has 1 aromatic heterocycles. The average molecular weight is 429 g/mol. The Morgan fingerprint density at radius 3 is 2.57 bits per heavy atom. The third kappa shape index (κ3) is 4.72. The van der Waals surface area contributed by atoms with Gasteiger partial charge in [0.05, 0.1) is 38.9 Å². The molecule has 2 aromatic carbocycles. The zero-order valence-corrected chi connectivity index (χ0v) is 17.5. The van der Waals surface area contributed by atoms with Crippen molar-refractivity contribution in [1.29, 1.82) is 0 Å². The summed E-state index contributed by atoms with van der Waals surface area (Å²) < 4.78 is 17.1. The minimum Gasteiger partial charge on any atom is -0.497 e. The van der Waals surface area contributed by atoms with Crippen LogP contribution in [0.25, 0.3) is 5.69 Å². The summed E-state index contributed by atoms with van der Waals surface area (Å²) in [6, 6.07) is 12.3. The first-order valence-corrected chi connectivity index (χ1v) is 9.47. The minimum absolute atomic E-state index is 0.0253. The standard InChI is InChI=1S/C21H21ClN4O4/c1-4-30-19-11-14(5-10-18(19)29-3)12-23-25-17-13-24-26(21(27)20(17)22)15-6-8-16(28-2)9-7-15/h5-13,25H,4H2,1-3H3/b23-12-. The van der Waals surface area contributed by atoms with E-state index in [0.29, 0.717) is 35.2 Å². The number of benzene rings is 2. The maximum absolute atomic E-state index is 12.6. The SMILES string of the molecule is CCOc1cc(/C=N\Nc2cnn(-c3ccc(OC)cc3)c(=O)c2Cl)ccc1OC. The molecule has 0 unspecified atom stereocenters. The van der Waals surface area contributed by atoms with Crippen molar-refractivity contribution in [2.75, 3.05) is 26.3 Å². The molecule has 9 heteroatoms. The number of ether oxygens (including phenoxy) is 3. The normalized spacial score (nSPS) is 10.8. The first-order chi connectivity index (χ1) is 14.6. The van der Waals surface area contributed by atoms with Crippen molar-refractivity contribution in [3.63, 3.8) is 0 Å². The number of anilines is 1. The molecule has 156 valence electrons. The number of nitrogens with one attached hydrogen (secondary N) is 1. The lowest BCUT2D eigenvalue weighted by Gasteiger charge is -2.10. The topological polar surface area (TPSA) is 87.0 Å². The van der Waals surface area contributed by atoms with Crippen molar-refractivity contribution >= 4 is 23.5 Å². The number of nitrogens with zero attached hydrogens (tertiary/aromatic N) is 3. The highest BCUT2D eigenvalue weighted by molar-refractivity contribution is 6.32. The molecule has 30 heavy (non-hydrogen) atoms. The van der Waals surface area contributed by atoms with Crippen LogP contribution in [-0.2, 0) is 0 Å². The van der Waals surface area contributed by atoms with E-state index in [1.54, 1.807) is 56.8 Å². The van der Waals surface area contributed by atoms with Crippen LogP contribution in [0.2, 0.25) is 5.02 Å². The molecule has 0 fully saturated rings. The Morgan fingerprint density at radius 1 is 1.13 bits per heavy atom. The number of hydrogen-bond acceptors (Lipinski definition) is 7. The lowest BCUT2D eigenvalue weighted by molar-refractivity contribution is 0.311. The van der Waals surface area contributed by atoms with Crippen LogP contribution in [-0.4, -0.2) is 36.8 Å². The first kappa shape index (κ1) is 21.2.